The molecule has 0 atom stereocenters. The van der Waals surface area contributed by atoms with Crippen LogP contribution in [0.4, 0.5) is 0 Å². The van der Waals surface area contributed by atoms with Gasteiger partial charge in [-0.1, -0.05) is 29.8 Å². The van der Waals surface area contributed by atoms with Gasteiger partial charge in [-0.3, -0.25) is 4.79 Å². The summed E-state index contributed by atoms with van der Waals surface area (Å²) >= 11 is 5.77. The van der Waals surface area contributed by atoms with Gasteiger partial charge < -0.3 is 4.90 Å². The predicted molar refractivity (Wildman–Crippen MR) is 84.2 cm³/mol. The van der Waals surface area contributed by atoms with E-state index in [9.17, 15) is 4.79 Å². The summed E-state index contributed by atoms with van der Waals surface area (Å²) in [6, 6.07) is 8.90. The summed E-state index contributed by atoms with van der Waals surface area (Å²) in [4.78, 5) is 14.5. The highest BCUT2D eigenvalue weighted by Gasteiger charge is 2.27. The van der Waals surface area contributed by atoms with Crippen molar-refractivity contribution in [2.45, 2.75) is 51.5 Å². The van der Waals surface area contributed by atoms with Crippen molar-refractivity contribution in [2.75, 3.05) is 12.4 Å². The van der Waals surface area contributed by atoms with E-state index in [4.69, 9.17) is 11.6 Å². The zero-order valence-corrected chi connectivity index (χ0v) is 13.0. The Bertz CT molecular complexity index is 442. The van der Waals surface area contributed by atoms with Gasteiger partial charge in [-0.05, 0) is 44.6 Å². The molecular formula is C17H24ClNO. The van der Waals surface area contributed by atoms with Crippen molar-refractivity contribution in [3.63, 3.8) is 0 Å². The molecular weight excluding hydrogens is 270 g/mol. The number of hydrogen-bond donors (Lipinski definition) is 0. The first kappa shape index (κ1) is 15.4. The van der Waals surface area contributed by atoms with Crippen LogP contribution >= 0.6 is 11.6 Å². The van der Waals surface area contributed by atoms with Crippen LogP contribution in [0.25, 0.3) is 0 Å². The molecule has 110 valence electrons. The molecule has 0 N–H and O–H groups in total. The lowest BCUT2D eigenvalue weighted by Gasteiger charge is -2.37. The molecule has 3 heteroatoms. The van der Waals surface area contributed by atoms with E-state index < -0.39 is 0 Å². The maximum Gasteiger partial charge on any atom is 0.223 e. The van der Waals surface area contributed by atoms with Gasteiger partial charge in [0.25, 0.3) is 0 Å². The van der Waals surface area contributed by atoms with Crippen LogP contribution in [-0.4, -0.2) is 29.3 Å². The van der Waals surface area contributed by atoms with Crippen LogP contribution < -0.4 is 0 Å². The Morgan fingerprint density at radius 1 is 1.40 bits per heavy atom. The molecule has 0 aromatic heterocycles. The molecule has 0 heterocycles. The Morgan fingerprint density at radius 3 is 2.80 bits per heavy atom. The third-order valence-electron chi connectivity index (χ3n) is 4.08. The highest BCUT2D eigenvalue weighted by molar-refractivity contribution is 6.17. The van der Waals surface area contributed by atoms with Crippen molar-refractivity contribution in [1.82, 2.24) is 4.90 Å². The molecule has 1 aliphatic rings. The van der Waals surface area contributed by atoms with Crippen LogP contribution in [0.2, 0.25) is 0 Å². The smallest absolute Gasteiger partial charge is 0.223 e. The van der Waals surface area contributed by atoms with Gasteiger partial charge in [0.1, 0.15) is 0 Å². The summed E-state index contributed by atoms with van der Waals surface area (Å²) in [5, 5.41) is 0. The fourth-order valence-corrected chi connectivity index (χ4v) is 2.82. The molecule has 0 bridgehead atoms. The topological polar surface area (TPSA) is 20.3 Å². The molecule has 0 saturated heterocycles. The zero-order chi connectivity index (χ0) is 14.4. The third-order valence-corrected chi connectivity index (χ3v) is 4.35. The normalized spacial score (nSPS) is 14.9. The minimum absolute atomic E-state index is 0.293. The lowest BCUT2D eigenvalue weighted by atomic mass is 9.91. The molecule has 1 amide bonds. The number of alkyl halides is 1. The van der Waals surface area contributed by atoms with E-state index >= 15 is 0 Å². The molecule has 0 unspecified atom stereocenters. The van der Waals surface area contributed by atoms with Gasteiger partial charge in [0, 0.05) is 24.9 Å². The number of nitrogens with zero attached hydrogens (tertiary/aromatic N) is 1. The molecule has 2 nitrogen and oxygen atoms in total. The number of hydrogen-bond acceptors (Lipinski definition) is 1. The lowest BCUT2D eigenvalue weighted by molar-refractivity contribution is -0.135. The first-order valence-electron chi connectivity index (χ1n) is 7.61. The van der Waals surface area contributed by atoms with E-state index in [2.05, 4.69) is 36.1 Å². The van der Waals surface area contributed by atoms with Crippen LogP contribution in [0, 0.1) is 6.92 Å². The van der Waals surface area contributed by atoms with Crippen molar-refractivity contribution >= 4 is 17.5 Å². The third kappa shape index (κ3) is 4.24. The highest BCUT2D eigenvalue weighted by Crippen LogP contribution is 2.26. The molecule has 0 spiro atoms. The van der Waals surface area contributed by atoms with E-state index in [1.54, 1.807) is 0 Å². The summed E-state index contributed by atoms with van der Waals surface area (Å²) in [6.07, 6.45) is 5.94. The fraction of sp³-hybridized carbons (Fsp3) is 0.588. The van der Waals surface area contributed by atoms with Crippen LogP contribution in [0.5, 0.6) is 0 Å². The standard InChI is InChI=1S/C17H24ClNO/c1-14-5-2-6-15(13-14)9-10-17(20)19(12-4-11-18)16-7-3-8-16/h2,5-6,13,16H,3-4,7-12H2,1H3. The molecule has 1 aromatic rings. The van der Waals surface area contributed by atoms with Crippen molar-refractivity contribution in [3.8, 4) is 0 Å². The van der Waals surface area contributed by atoms with Crippen LogP contribution in [0.3, 0.4) is 0 Å². The van der Waals surface area contributed by atoms with Crippen molar-refractivity contribution < 1.29 is 4.79 Å². The highest BCUT2D eigenvalue weighted by atomic mass is 35.5. The van der Waals surface area contributed by atoms with Gasteiger partial charge in [-0.15, -0.1) is 11.6 Å². The Hall–Kier alpha value is -1.02. The van der Waals surface area contributed by atoms with Crippen molar-refractivity contribution in [2.24, 2.45) is 0 Å². The van der Waals surface area contributed by atoms with Crippen LogP contribution in [-0.2, 0) is 11.2 Å². The molecule has 1 fully saturated rings. The number of benzene rings is 1. The fourth-order valence-electron chi connectivity index (χ4n) is 2.70. The maximum absolute atomic E-state index is 12.4. The first-order valence-corrected chi connectivity index (χ1v) is 8.15. The number of rotatable bonds is 7. The molecule has 0 aliphatic heterocycles. The number of carbonyl (C=O) groups is 1. The maximum atomic E-state index is 12.4. The SMILES string of the molecule is Cc1cccc(CCC(=O)N(CCCCl)C2CCC2)c1. The van der Waals surface area contributed by atoms with Gasteiger partial charge >= 0.3 is 0 Å². The summed E-state index contributed by atoms with van der Waals surface area (Å²) in [5.41, 5.74) is 2.51. The Labute approximate surface area is 127 Å². The summed E-state index contributed by atoms with van der Waals surface area (Å²) < 4.78 is 0. The van der Waals surface area contributed by atoms with E-state index in [-0.39, 0.29) is 0 Å². The van der Waals surface area contributed by atoms with Gasteiger partial charge in [-0.2, -0.15) is 0 Å². The monoisotopic (exact) mass is 293 g/mol. The van der Waals surface area contributed by atoms with E-state index in [0.717, 1.165) is 19.4 Å². The van der Waals surface area contributed by atoms with Gasteiger partial charge in [0.15, 0.2) is 0 Å². The number of aryl methyl sites for hydroxylation is 2. The molecule has 1 saturated carbocycles. The average molecular weight is 294 g/mol. The first-order chi connectivity index (χ1) is 9.70. The summed E-state index contributed by atoms with van der Waals surface area (Å²) in [7, 11) is 0. The van der Waals surface area contributed by atoms with E-state index in [1.807, 2.05) is 0 Å². The zero-order valence-electron chi connectivity index (χ0n) is 12.3. The average Bonchev–Trinajstić information content (AvgIpc) is 2.38. The number of amides is 1. The Balaban J connectivity index is 1.87. The minimum Gasteiger partial charge on any atom is -0.340 e. The quantitative estimate of drug-likeness (QED) is 0.697. The van der Waals surface area contributed by atoms with Gasteiger partial charge in [0.2, 0.25) is 5.91 Å². The molecule has 1 aliphatic carbocycles. The van der Waals surface area contributed by atoms with E-state index in [1.165, 1.54) is 30.4 Å². The summed E-state index contributed by atoms with van der Waals surface area (Å²) in [5.74, 6) is 0.926. The number of carbonyl (C=O) groups excluding carboxylic acids is 1. The Morgan fingerprint density at radius 2 is 2.20 bits per heavy atom. The van der Waals surface area contributed by atoms with E-state index in [0.29, 0.717) is 24.2 Å². The molecule has 0 radical (unpaired) electrons. The summed E-state index contributed by atoms with van der Waals surface area (Å²) in [6.45, 7) is 2.91. The largest absolute Gasteiger partial charge is 0.340 e. The van der Waals surface area contributed by atoms with Crippen molar-refractivity contribution in [3.05, 3.63) is 35.4 Å². The van der Waals surface area contributed by atoms with Crippen LogP contribution in [0.1, 0.15) is 43.2 Å². The second-order valence-electron chi connectivity index (χ2n) is 5.70. The second-order valence-corrected chi connectivity index (χ2v) is 6.08. The van der Waals surface area contributed by atoms with Gasteiger partial charge in [-0.25, -0.2) is 0 Å². The molecule has 20 heavy (non-hydrogen) atoms. The second kappa shape index (κ2) is 7.68. The molecule has 1 aromatic carbocycles. The Kier molecular flexibility index (Phi) is 5.90. The van der Waals surface area contributed by atoms with Gasteiger partial charge in [0.05, 0.1) is 0 Å². The van der Waals surface area contributed by atoms with Crippen molar-refractivity contribution in [1.29, 1.82) is 0 Å². The lowest BCUT2D eigenvalue weighted by Crippen LogP contribution is -2.44. The predicted octanol–water partition coefficient (Wildman–Crippen LogP) is 3.94. The minimum atomic E-state index is 0.293. The molecule has 2 rings (SSSR count). The number of halogens is 1. The van der Waals surface area contributed by atoms with Crippen LogP contribution in [0.15, 0.2) is 24.3 Å².